The number of hydrogen-bond acceptors (Lipinski definition) is 5. The third kappa shape index (κ3) is 3.55. The Labute approximate surface area is 139 Å². The number of aromatic nitrogens is 3. The van der Waals surface area contributed by atoms with Crippen molar-refractivity contribution in [1.29, 1.82) is 0 Å². The Bertz CT molecular complexity index is 653. The number of benzene rings is 1. The van der Waals surface area contributed by atoms with Crippen LogP contribution in [0.25, 0.3) is 0 Å². The van der Waals surface area contributed by atoms with E-state index in [1.807, 2.05) is 12.1 Å². The molecule has 116 valence electrons. The van der Waals surface area contributed by atoms with Crippen molar-refractivity contribution in [3.63, 3.8) is 0 Å². The standard InChI is InChI=1S/C16H20BrN5/c1-11-5-7-22(8-6-11)16-20-15(10-18-21-16)19-13-3-4-14(17)12(2)9-13/h3-4,9-11H,5-8H2,1-2H3,(H,19,20,21). The van der Waals surface area contributed by atoms with Crippen LogP contribution in [0.1, 0.15) is 25.3 Å². The average Bonchev–Trinajstić information content (AvgIpc) is 2.52. The van der Waals surface area contributed by atoms with Gasteiger partial charge in [0.25, 0.3) is 0 Å². The molecule has 0 saturated carbocycles. The van der Waals surface area contributed by atoms with E-state index in [0.717, 1.165) is 35.0 Å². The van der Waals surface area contributed by atoms with E-state index >= 15 is 0 Å². The van der Waals surface area contributed by atoms with Gasteiger partial charge >= 0.3 is 0 Å². The van der Waals surface area contributed by atoms with Gasteiger partial charge < -0.3 is 10.2 Å². The van der Waals surface area contributed by atoms with Crippen LogP contribution in [0.15, 0.2) is 28.9 Å². The fraction of sp³-hybridized carbons (Fsp3) is 0.438. The Morgan fingerprint density at radius 2 is 2.05 bits per heavy atom. The highest BCUT2D eigenvalue weighted by Crippen LogP contribution is 2.24. The van der Waals surface area contributed by atoms with Gasteiger partial charge in [0.05, 0.1) is 6.20 Å². The molecule has 2 heterocycles. The van der Waals surface area contributed by atoms with Gasteiger partial charge in [0.2, 0.25) is 5.95 Å². The average molecular weight is 362 g/mol. The SMILES string of the molecule is Cc1cc(Nc2cnnc(N3CCC(C)CC3)n2)ccc1Br. The molecule has 0 spiro atoms. The Balaban J connectivity index is 1.74. The third-order valence-corrected chi connectivity index (χ3v) is 4.93. The Kier molecular flexibility index (Phi) is 4.57. The molecular weight excluding hydrogens is 342 g/mol. The van der Waals surface area contributed by atoms with Gasteiger partial charge in [-0.3, -0.25) is 0 Å². The van der Waals surface area contributed by atoms with E-state index in [2.05, 4.69) is 61.2 Å². The highest BCUT2D eigenvalue weighted by Gasteiger charge is 2.18. The Hall–Kier alpha value is -1.69. The van der Waals surface area contributed by atoms with Crippen molar-refractivity contribution in [3.8, 4) is 0 Å². The Morgan fingerprint density at radius 1 is 1.27 bits per heavy atom. The molecule has 22 heavy (non-hydrogen) atoms. The van der Waals surface area contributed by atoms with Crippen LogP contribution in [-0.2, 0) is 0 Å². The molecule has 0 atom stereocenters. The zero-order valence-electron chi connectivity index (χ0n) is 12.9. The van der Waals surface area contributed by atoms with E-state index in [0.29, 0.717) is 5.95 Å². The van der Waals surface area contributed by atoms with Crippen LogP contribution in [0.2, 0.25) is 0 Å². The molecule has 1 fully saturated rings. The van der Waals surface area contributed by atoms with Crippen LogP contribution in [0.5, 0.6) is 0 Å². The molecule has 3 rings (SSSR count). The second kappa shape index (κ2) is 6.60. The molecule has 0 bridgehead atoms. The van der Waals surface area contributed by atoms with Crippen LogP contribution in [-0.4, -0.2) is 28.3 Å². The minimum Gasteiger partial charge on any atom is -0.339 e. The molecular formula is C16H20BrN5. The highest BCUT2D eigenvalue weighted by molar-refractivity contribution is 9.10. The Morgan fingerprint density at radius 3 is 2.77 bits per heavy atom. The first-order valence-electron chi connectivity index (χ1n) is 7.59. The molecule has 0 aliphatic carbocycles. The van der Waals surface area contributed by atoms with E-state index in [1.54, 1.807) is 6.20 Å². The van der Waals surface area contributed by atoms with Gasteiger partial charge in [-0.15, -0.1) is 5.10 Å². The van der Waals surface area contributed by atoms with Gasteiger partial charge in [-0.1, -0.05) is 22.9 Å². The van der Waals surface area contributed by atoms with Crippen molar-refractivity contribution in [2.75, 3.05) is 23.3 Å². The van der Waals surface area contributed by atoms with Crippen LogP contribution in [0, 0.1) is 12.8 Å². The summed E-state index contributed by atoms with van der Waals surface area (Å²) in [6.45, 7) is 6.37. The molecule has 2 aromatic rings. The molecule has 1 aliphatic rings. The topological polar surface area (TPSA) is 53.9 Å². The van der Waals surface area contributed by atoms with E-state index in [-0.39, 0.29) is 0 Å². The summed E-state index contributed by atoms with van der Waals surface area (Å²) in [7, 11) is 0. The fourth-order valence-electron chi connectivity index (χ4n) is 2.57. The monoisotopic (exact) mass is 361 g/mol. The minimum atomic E-state index is 0.714. The molecule has 6 heteroatoms. The van der Waals surface area contributed by atoms with Crippen molar-refractivity contribution in [3.05, 3.63) is 34.4 Å². The maximum Gasteiger partial charge on any atom is 0.247 e. The van der Waals surface area contributed by atoms with Crippen LogP contribution >= 0.6 is 15.9 Å². The second-order valence-corrected chi connectivity index (χ2v) is 6.75. The summed E-state index contributed by atoms with van der Waals surface area (Å²) in [5.41, 5.74) is 2.18. The number of anilines is 3. The number of halogens is 1. The largest absolute Gasteiger partial charge is 0.339 e. The van der Waals surface area contributed by atoms with Gasteiger partial charge in [-0.25, -0.2) is 0 Å². The van der Waals surface area contributed by atoms with Crippen molar-refractivity contribution >= 4 is 33.4 Å². The molecule has 1 aromatic carbocycles. The number of nitrogens with one attached hydrogen (secondary N) is 1. The van der Waals surface area contributed by atoms with Crippen molar-refractivity contribution in [2.24, 2.45) is 5.92 Å². The summed E-state index contributed by atoms with van der Waals surface area (Å²) < 4.78 is 1.10. The molecule has 0 radical (unpaired) electrons. The molecule has 1 aromatic heterocycles. The lowest BCUT2D eigenvalue weighted by Crippen LogP contribution is -2.34. The predicted molar refractivity (Wildman–Crippen MR) is 92.6 cm³/mol. The summed E-state index contributed by atoms with van der Waals surface area (Å²) in [6, 6.07) is 6.12. The normalized spacial score (nSPS) is 15.9. The second-order valence-electron chi connectivity index (χ2n) is 5.90. The fourth-order valence-corrected chi connectivity index (χ4v) is 2.81. The quantitative estimate of drug-likeness (QED) is 0.897. The van der Waals surface area contributed by atoms with Crippen molar-refractivity contribution < 1.29 is 0 Å². The number of piperidine rings is 1. The summed E-state index contributed by atoms with van der Waals surface area (Å²) in [4.78, 5) is 6.81. The maximum absolute atomic E-state index is 4.60. The van der Waals surface area contributed by atoms with Crippen LogP contribution in [0.4, 0.5) is 17.5 Å². The molecule has 0 amide bonds. The predicted octanol–water partition coefficient (Wildman–Crippen LogP) is 3.92. The molecule has 1 aliphatic heterocycles. The maximum atomic E-state index is 4.60. The van der Waals surface area contributed by atoms with Crippen molar-refractivity contribution in [1.82, 2.24) is 15.2 Å². The number of nitrogens with zero attached hydrogens (tertiary/aromatic N) is 4. The summed E-state index contributed by atoms with van der Waals surface area (Å²) in [5, 5.41) is 11.6. The smallest absolute Gasteiger partial charge is 0.247 e. The van der Waals surface area contributed by atoms with E-state index < -0.39 is 0 Å². The minimum absolute atomic E-state index is 0.714. The van der Waals surface area contributed by atoms with E-state index in [4.69, 9.17) is 0 Å². The first-order valence-corrected chi connectivity index (χ1v) is 8.39. The van der Waals surface area contributed by atoms with Crippen LogP contribution in [0.3, 0.4) is 0 Å². The highest BCUT2D eigenvalue weighted by atomic mass is 79.9. The molecule has 1 saturated heterocycles. The molecule has 1 N–H and O–H groups in total. The zero-order valence-corrected chi connectivity index (χ0v) is 14.5. The lowest BCUT2D eigenvalue weighted by atomic mass is 10.00. The van der Waals surface area contributed by atoms with Gasteiger partial charge in [-0.2, -0.15) is 10.1 Å². The van der Waals surface area contributed by atoms with Crippen LogP contribution < -0.4 is 10.2 Å². The van der Waals surface area contributed by atoms with Gasteiger partial charge in [-0.05, 0) is 49.4 Å². The van der Waals surface area contributed by atoms with Crippen molar-refractivity contribution in [2.45, 2.75) is 26.7 Å². The summed E-state index contributed by atoms with van der Waals surface area (Å²) in [5.74, 6) is 2.23. The molecule has 5 nitrogen and oxygen atoms in total. The summed E-state index contributed by atoms with van der Waals surface area (Å²) >= 11 is 3.51. The van der Waals surface area contributed by atoms with Gasteiger partial charge in [0.1, 0.15) is 0 Å². The lowest BCUT2D eigenvalue weighted by molar-refractivity contribution is 0.433. The van der Waals surface area contributed by atoms with E-state index in [9.17, 15) is 0 Å². The third-order valence-electron chi connectivity index (χ3n) is 4.04. The summed E-state index contributed by atoms with van der Waals surface area (Å²) in [6.07, 6.45) is 4.04. The molecule has 0 unspecified atom stereocenters. The number of rotatable bonds is 3. The van der Waals surface area contributed by atoms with Gasteiger partial charge in [0.15, 0.2) is 5.82 Å². The first kappa shape index (κ1) is 15.2. The van der Waals surface area contributed by atoms with Gasteiger partial charge in [0, 0.05) is 23.2 Å². The zero-order chi connectivity index (χ0) is 15.5. The first-order chi connectivity index (χ1) is 10.6. The lowest BCUT2D eigenvalue weighted by Gasteiger charge is -2.29. The number of hydrogen-bond donors (Lipinski definition) is 1. The van der Waals surface area contributed by atoms with E-state index in [1.165, 1.54) is 18.4 Å². The number of aryl methyl sites for hydroxylation is 1.